The van der Waals surface area contributed by atoms with Crippen molar-refractivity contribution in [3.05, 3.63) is 35.4 Å². The number of likely N-dealkylation sites (tertiary alicyclic amines) is 1. The summed E-state index contributed by atoms with van der Waals surface area (Å²) in [6.07, 6.45) is 6.04. The number of carbonyl (C=O) groups is 1. The van der Waals surface area contributed by atoms with Crippen LogP contribution in [0.5, 0.6) is 0 Å². The molecule has 0 N–H and O–H groups in total. The van der Waals surface area contributed by atoms with Crippen LogP contribution in [0.3, 0.4) is 0 Å². The summed E-state index contributed by atoms with van der Waals surface area (Å²) in [5.74, 6) is 3.17. The fraction of sp³-hybridized carbons (Fsp3) is 0.632. The lowest BCUT2D eigenvalue weighted by molar-refractivity contribution is -0.134. The van der Waals surface area contributed by atoms with Crippen LogP contribution in [0.4, 0.5) is 0 Å². The van der Waals surface area contributed by atoms with Crippen molar-refractivity contribution in [1.29, 1.82) is 0 Å². The van der Waals surface area contributed by atoms with Gasteiger partial charge in [-0.05, 0) is 49.1 Å². The number of amides is 1. The molecule has 4 heteroatoms. The molecule has 0 radical (unpaired) electrons. The Balaban J connectivity index is 1.31. The normalized spacial score (nSPS) is 25.2. The van der Waals surface area contributed by atoms with Crippen LogP contribution in [0.1, 0.15) is 30.4 Å². The molecule has 1 aromatic carbocycles. The molecule has 2 fully saturated rings. The summed E-state index contributed by atoms with van der Waals surface area (Å²) in [5, 5.41) is 0. The van der Waals surface area contributed by atoms with Gasteiger partial charge in [0.1, 0.15) is 0 Å². The van der Waals surface area contributed by atoms with Gasteiger partial charge in [-0.3, -0.25) is 9.69 Å². The van der Waals surface area contributed by atoms with Crippen LogP contribution in [0.25, 0.3) is 0 Å². The Morgan fingerprint density at radius 3 is 2.52 bits per heavy atom. The molecule has 23 heavy (non-hydrogen) atoms. The van der Waals surface area contributed by atoms with E-state index in [0.29, 0.717) is 5.91 Å². The highest BCUT2D eigenvalue weighted by molar-refractivity contribution is 7.99. The molecule has 2 saturated heterocycles. The Morgan fingerprint density at radius 2 is 1.83 bits per heavy atom. The molecule has 0 saturated carbocycles. The molecule has 1 unspecified atom stereocenters. The molecular formula is C19H26N2OS. The Kier molecular flexibility index (Phi) is 4.63. The minimum Gasteiger partial charge on any atom is -0.341 e. The van der Waals surface area contributed by atoms with E-state index in [4.69, 9.17) is 0 Å². The van der Waals surface area contributed by atoms with E-state index in [1.807, 2.05) is 11.8 Å². The summed E-state index contributed by atoms with van der Waals surface area (Å²) in [6.45, 7) is 3.04. The third kappa shape index (κ3) is 3.29. The summed E-state index contributed by atoms with van der Waals surface area (Å²) in [5.41, 5.74) is 3.08. The second-order valence-corrected chi connectivity index (χ2v) is 8.19. The average Bonchev–Trinajstić information content (AvgIpc) is 3.31. The van der Waals surface area contributed by atoms with Gasteiger partial charge in [0, 0.05) is 31.3 Å². The van der Waals surface area contributed by atoms with E-state index in [9.17, 15) is 4.79 Å². The first-order valence-corrected chi connectivity index (χ1v) is 10.1. The van der Waals surface area contributed by atoms with E-state index < -0.39 is 0 Å². The molecule has 124 valence electrons. The Morgan fingerprint density at radius 1 is 1.13 bits per heavy atom. The lowest BCUT2D eigenvalue weighted by Gasteiger charge is -2.27. The van der Waals surface area contributed by atoms with Crippen molar-refractivity contribution in [1.82, 2.24) is 9.80 Å². The van der Waals surface area contributed by atoms with Crippen molar-refractivity contribution in [2.24, 2.45) is 5.92 Å². The number of carbonyl (C=O) groups excluding carboxylic acids is 1. The van der Waals surface area contributed by atoms with E-state index in [1.54, 1.807) is 0 Å². The molecule has 0 spiro atoms. The molecular weight excluding hydrogens is 304 g/mol. The van der Waals surface area contributed by atoms with Crippen molar-refractivity contribution in [3.63, 3.8) is 0 Å². The van der Waals surface area contributed by atoms with E-state index in [1.165, 1.54) is 43.2 Å². The number of benzene rings is 1. The van der Waals surface area contributed by atoms with Crippen molar-refractivity contribution in [2.45, 2.75) is 38.1 Å². The fourth-order valence-electron chi connectivity index (χ4n) is 4.28. The maximum Gasteiger partial charge on any atom is 0.240 e. The maximum absolute atomic E-state index is 12.7. The molecule has 4 rings (SSSR count). The number of thioether (sulfide) groups is 1. The zero-order chi connectivity index (χ0) is 15.6. The van der Waals surface area contributed by atoms with Crippen LogP contribution in [0.2, 0.25) is 0 Å². The van der Waals surface area contributed by atoms with Gasteiger partial charge in [0.2, 0.25) is 5.91 Å². The highest BCUT2D eigenvalue weighted by Gasteiger charge is 2.35. The average molecular weight is 330 g/mol. The number of hydrogen-bond donors (Lipinski definition) is 0. The molecule has 0 aromatic heterocycles. The molecule has 3 aliphatic rings. The topological polar surface area (TPSA) is 23.6 Å². The number of rotatable bonds is 4. The number of nitrogens with zero attached hydrogens (tertiary/aromatic N) is 2. The summed E-state index contributed by atoms with van der Waals surface area (Å²) in [4.78, 5) is 17.2. The molecule has 2 aliphatic heterocycles. The van der Waals surface area contributed by atoms with Crippen LogP contribution >= 0.6 is 11.8 Å². The smallest absolute Gasteiger partial charge is 0.240 e. The van der Waals surface area contributed by atoms with E-state index in [0.717, 1.165) is 37.2 Å². The van der Waals surface area contributed by atoms with Crippen molar-refractivity contribution >= 4 is 17.7 Å². The first-order valence-electron chi connectivity index (χ1n) is 8.98. The summed E-state index contributed by atoms with van der Waals surface area (Å²) < 4.78 is 0. The second kappa shape index (κ2) is 6.86. The van der Waals surface area contributed by atoms with E-state index in [-0.39, 0.29) is 6.04 Å². The van der Waals surface area contributed by atoms with Gasteiger partial charge in [-0.15, -0.1) is 11.8 Å². The zero-order valence-corrected chi connectivity index (χ0v) is 14.6. The van der Waals surface area contributed by atoms with Crippen LogP contribution in [0.15, 0.2) is 24.3 Å². The number of hydrogen-bond acceptors (Lipinski definition) is 3. The highest BCUT2D eigenvalue weighted by atomic mass is 32.2. The first kappa shape index (κ1) is 15.5. The van der Waals surface area contributed by atoms with Crippen molar-refractivity contribution < 1.29 is 4.79 Å². The van der Waals surface area contributed by atoms with Gasteiger partial charge in [0.05, 0.1) is 6.04 Å². The van der Waals surface area contributed by atoms with Gasteiger partial charge in [0.15, 0.2) is 0 Å². The summed E-state index contributed by atoms with van der Waals surface area (Å²) in [7, 11) is 0. The third-order valence-corrected chi connectivity index (χ3v) is 6.70. The fourth-order valence-corrected chi connectivity index (χ4v) is 5.50. The standard InChI is InChI=1S/C19H26N2OS/c22-19(20-8-3-4-9-20)18-13-23-14-21(18)10-7-15-11-16-5-1-2-6-17(16)12-15/h1-2,5-6,15,18H,3-4,7-14H2. The van der Waals surface area contributed by atoms with Gasteiger partial charge in [0.25, 0.3) is 0 Å². The lowest BCUT2D eigenvalue weighted by Crippen LogP contribution is -2.46. The molecule has 1 aromatic rings. The molecule has 1 atom stereocenters. The Hall–Kier alpha value is -1.00. The predicted octanol–water partition coefficient (Wildman–Crippen LogP) is 2.79. The van der Waals surface area contributed by atoms with Gasteiger partial charge in [-0.2, -0.15) is 0 Å². The van der Waals surface area contributed by atoms with E-state index >= 15 is 0 Å². The minimum absolute atomic E-state index is 0.141. The third-order valence-electron chi connectivity index (χ3n) is 5.64. The van der Waals surface area contributed by atoms with Crippen molar-refractivity contribution in [2.75, 3.05) is 31.3 Å². The quantitative estimate of drug-likeness (QED) is 0.848. The number of fused-ring (bicyclic) bond motifs is 1. The highest BCUT2D eigenvalue weighted by Crippen LogP contribution is 2.30. The Labute approximate surface area is 143 Å². The maximum atomic E-state index is 12.7. The molecule has 1 aliphatic carbocycles. The monoisotopic (exact) mass is 330 g/mol. The van der Waals surface area contributed by atoms with Crippen LogP contribution in [-0.4, -0.2) is 53.0 Å². The van der Waals surface area contributed by atoms with Gasteiger partial charge in [-0.25, -0.2) is 0 Å². The Bertz CT molecular complexity index is 545. The van der Waals surface area contributed by atoms with Gasteiger partial charge < -0.3 is 4.90 Å². The second-order valence-electron chi connectivity index (χ2n) is 7.19. The minimum atomic E-state index is 0.141. The largest absolute Gasteiger partial charge is 0.341 e. The SMILES string of the molecule is O=C(C1CSCN1CCC1Cc2ccccc2C1)N1CCCC1. The van der Waals surface area contributed by atoms with Crippen LogP contribution < -0.4 is 0 Å². The summed E-state index contributed by atoms with van der Waals surface area (Å²) >= 11 is 1.93. The van der Waals surface area contributed by atoms with Crippen LogP contribution in [0, 0.1) is 5.92 Å². The van der Waals surface area contributed by atoms with Crippen LogP contribution in [-0.2, 0) is 17.6 Å². The predicted molar refractivity (Wildman–Crippen MR) is 95.6 cm³/mol. The lowest BCUT2D eigenvalue weighted by atomic mass is 10.0. The van der Waals surface area contributed by atoms with Crippen molar-refractivity contribution in [3.8, 4) is 0 Å². The molecule has 3 nitrogen and oxygen atoms in total. The summed E-state index contributed by atoms with van der Waals surface area (Å²) in [6, 6.07) is 9.01. The molecule has 1 amide bonds. The first-order chi connectivity index (χ1) is 11.3. The molecule has 0 bridgehead atoms. The van der Waals surface area contributed by atoms with Gasteiger partial charge in [-0.1, -0.05) is 24.3 Å². The molecule has 2 heterocycles. The zero-order valence-electron chi connectivity index (χ0n) is 13.7. The van der Waals surface area contributed by atoms with Gasteiger partial charge >= 0.3 is 0 Å². The van der Waals surface area contributed by atoms with E-state index in [2.05, 4.69) is 34.1 Å².